The lowest BCUT2D eigenvalue weighted by Gasteiger charge is -1.98. The number of aryl methyl sites for hydroxylation is 1. The molecule has 0 saturated heterocycles. The standard InChI is InChI=1S/C23H12S2/c1-11-10-17-12-6-7-14-20-16(9-8-15(19(12)20)22(17)24-11)23-21(14)13-4-2-3-5-18(13)25-23/h2-10H,1H3. The maximum absolute atomic E-state index is 2.36. The first-order valence-electron chi connectivity index (χ1n) is 8.54. The predicted molar refractivity (Wildman–Crippen MR) is 106 cm³/mol. The van der Waals surface area contributed by atoms with Crippen molar-refractivity contribution in [1.82, 2.24) is 0 Å². The maximum Gasteiger partial charge on any atom is 0.0440 e. The molecule has 0 bridgehead atoms. The Balaban J connectivity index is 1.97. The normalized spacial score (nSPS) is 13.0. The van der Waals surface area contributed by atoms with Crippen molar-refractivity contribution in [3.63, 3.8) is 0 Å². The molecular formula is C23H12S2. The Morgan fingerprint density at radius 2 is 1.36 bits per heavy atom. The second-order valence-electron chi connectivity index (χ2n) is 6.97. The topological polar surface area (TPSA) is 0 Å². The van der Waals surface area contributed by atoms with Crippen molar-refractivity contribution in [2.24, 2.45) is 0 Å². The molecule has 0 fully saturated rings. The molecule has 2 aromatic heterocycles. The number of rotatable bonds is 0. The van der Waals surface area contributed by atoms with Crippen LogP contribution in [-0.2, 0) is 0 Å². The van der Waals surface area contributed by atoms with Crippen molar-refractivity contribution in [2.75, 3.05) is 0 Å². The summed E-state index contributed by atoms with van der Waals surface area (Å²) in [6.07, 6.45) is 0. The van der Waals surface area contributed by atoms with Gasteiger partial charge in [-0.1, -0.05) is 42.5 Å². The Labute approximate surface area is 150 Å². The maximum atomic E-state index is 2.36. The van der Waals surface area contributed by atoms with Crippen molar-refractivity contribution in [3.05, 3.63) is 99.9 Å². The van der Waals surface area contributed by atoms with Gasteiger partial charge in [-0.2, -0.15) is 0 Å². The van der Waals surface area contributed by atoms with Crippen LogP contribution in [-0.4, -0.2) is 0 Å². The van der Waals surface area contributed by atoms with Crippen LogP contribution in [0.2, 0.25) is 0 Å². The molecule has 116 valence electrons. The van der Waals surface area contributed by atoms with Crippen LogP contribution in [0, 0.1) is 47.3 Å². The summed E-state index contributed by atoms with van der Waals surface area (Å²) in [7, 11) is 0. The lowest BCUT2D eigenvalue weighted by molar-refractivity contribution is 1.55. The summed E-state index contributed by atoms with van der Waals surface area (Å²) >= 11 is 3.87. The van der Waals surface area contributed by atoms with Gasteiger partial charge in [0, 0.05) is 44.9 Å². The zero-order valence-corrected chi connectivity index (χ0v) is 15.1. The largest absolute Gasteiger partial charge is 0.140 e. The molecule has 0 radical (unpaired) electrons. The molecule has 2 heterocycles. The molecule has 0 nitrogen and oxygen atoms in total. The summed E-state index contributed by atoms with van der Waals surface area (Å²) in [5.41, 5.74) is 0. The first-order chi connectivity index (χ1) is 12.3. The lowest BCUT2D eigenvalue weighted by Crippen LogP contribution is -1.79. The zero-order chi connectivity index (χ0) is 16.3. The third-order valence-electron chi connectivity index (χ3n) is 5.66. The van der Waals surface area contributed by atoms with E-state index < -0.39 is 0 Å². The Bertz CT molecular complexity index is 1760. The molecule has 0 amide bonds. The molecule has 2 aliphatic rings. The smallest absolute Gasteiger partial charge is 0.0440 e. The Morgan fingerprint density at radius 3 is 2.28 bits per heavy atom. The SMILES string of the molecule is Cc1cc2c(s1)=c1ccc3c4c(ccc=2c14)=c1c=3sc2ccccc12. The van der Waals surface area contributed by atoms with Gasteiger partial charge in [0.25, 0.3) is 0 Å². The van der Waals surface area contributed by atoms with E-state index in [0.29, 0.717) is 0 Å². The van der Waals surface area contributed by atoms with Gasteiger partial charge in [0.2, 0.25) is 0 Å². The van der Waals surface area contributed by atoms with Crippen molar-refractivity contribution < 1.29 is 0 Å². The third-order valence-corrected chi connectivity index (χ3v) is 7.95. The van der Waals surface area contributed by atoms with Crippen LogP contribution < -0.4 is 0 Å². The van der Waals surface area contributed by atoms with Gasteiger partial charge in [-0.15, -0.1) is 22.7 Å². The molecule has 0 aliphatic heterocycles. The fourth-order valence-electron chi connectivity index (χ4n) is 4.72. The van der Waals surface area contributed by atoms with E-state index in [1.165, 1.54) is 66.1 Å². The summed E-state index contributed by atoms with van der Waals surface area (Å²) in [6, 6.07) is 20.6. The van der Waals surface area contributed by atoms with Gasteiger partial charge in [-0.05, 0) is 40.3 Å². The Kier molecular flexibility index (Phi) is 2.08. The minimum absolute atomic E-state index is 1.39. The predicted octanol–water partition coefficient (Wildman–Crippen LogP) is 6.20. The minimum Gasteiger partial charge on any atom is -0.140 e. The van der Waals surface area contributed by atoms with Crippen LogP contribution in [0.5, 0.6) is 0 Å². The molecular weight excluding hydrogens is 340 g/mol. The van der Waals surface area contributed by atoms with Crippen molar-refractivity contribution in [3.8, 4) is 0 Å². The molecule has 2 heteroatoms. The second kappa shape index (κ2) is 4.04. The van der Waals surface area contributed by atoms with E-state index in [1.54, 1.807) is 0 Å². The first-order valence-corrected chi connectivity index (χ1v) is 10.2. The van der Waals surface area contributed by atoms with E-state index in [-0.39, 0.29) is 0 Å². The van der Waals surface area contributed by atoms with E-state index >= 15 is 0 Å². The highest BCUT2D eigenvalue weighted by molar-refractivity contribution is 7.17. The lowest BCUT2D eigenvalue weighted by atomic mass is 10.1. The summed E-state index contributed by atoms with van der Waals surface area (Å²) in [5, 5.41) is 12.9. The molecule has 25 heavy (non-hydrogen) atoms. The highest BCUT2D eigenvalue weighted by Gasteiger charge is 2.15. The molecule has 0 saturated carbocycles. The fourth-order valence-corrected chi connectivity index (χ4v) is 7.03. The van der Waals surface area contributed by atoms with Crippen molar-refractivity contribution in [1.29, 1.82) is 0 Å². The molecule has 0 N–H and O–H groups in total. The summed E-state index contributed by atoms with van der Waals surface area (Å²) in [4.78, 5) is 1.40. The monoisotopic (exact) mass is 352 g/mol. The molecule has 2 aliphatic carbocycles. The summed E-state index contributed by atoms with van der Waals surface area (Å²) < 4.78 is 4.30. The van der Waals surface area contributed by atoms with Crippen molar-refractivity contribution in [2.45, 2.75) is 6.92 Å². The highest BCUT2D eigenvalue weighted by Crippen LogP contribution is 2.35. The van der Waals surface area contributed by atoms with Gasteiger partial charge < -0.3 is 0 Å². The summed E-state index contributed by atoms with van der Waals surface area (Å²) in [5.74, 6) is 0. The van der Waals surface area contributed by atoms with E-state index in [9.17, 15) is 0 Å². The molecule has 0 unspecified atom stereocenters. The second-order valence-corrected chi connectivity index (χ2v) is 9.28. The van der Waals surface area contributed by atoms with Crippen LogP contribution in [0.25, 0.3) is 20.9 Å². The third kappa shape index (κ3) is 1.34. The number of hydrogen-bond acceptors (Lipinski definition) is 2. The van der Waals surface area contributed by atoms with Crippen molar-refractivity contribution >= 4 is 43.5 Å². The average Bonchev–Trinajstić information content (AvgIpc) is 3.32. The number of benzene rings is 3. The number of fused-ring (bicyclic) bond motifs is 4. The fraction of sp³-hybridized carbons (Fsp3) is 0.0435. The van der Waals surface area contributed by atoms with Crippen LogP contribution >= 0.6 is 22.7 Å². The molecule has 7 rings (SSSR count). The van der Waals surface area contributed by atoms with Gasteiger partial charge in [0.1, 0.15) is 0 Å². The Hall–Kier alpha value is -2.42. The van der Waals surface area contributed by atoms with E-state index in [2.05, 4.69) is 61.5 Å². The quantitative estimate of drug-likeness (QED) is 0.305. The van der Waals surface area contributed by atoms with E-state index in [0.717, 1.165) is 0 Å². The number of hydrogen-bond donors (Lipinski definition) is 0. The molecule has 5 aromatic rings. The first kappa shape index (κ1) is 12.9. The highest BCUT2D eigenvalue weighted by atomic mass is 32.1. The molecule has 0 atom stereocenters. The van der Waals surface area contributed by atoms with Crippen LogP contribution in [0.3, 0.4) is 0 Å². The molecule has 3 aromatic carbocycles. The van der Waals surface area contributed by atoms with Gasteiger partial charge in [0.05, 0.1) is 0 Å². The minimum atomic E-state index is 1.39. The molecule has 0 spiro atoms. The Morgan fingerprint density at radius 1 is 0.640 bits per heavy atom. The van der Waals surface area contributed by atoms with E-state index in [1.807, 2.05) is 22.7 Å². The zero-order valence-electron chi connectivity index (χ0n) is 13.5. The van der Waals surface area contributed by atoms with Crippen LogP contribution in [0.1, 0.15) is 4.88 Å². The van der Waals surface area contributed by atoms with E-state index in [4.69, 9.17) is 0 Å². The van der Waals surface area contributed by atoms with Gasteiger partial charge >= 0.3 is 0 Å². The van der Waals surface area contributed by atoms with Crippen LogP contribution in [0.15, 0.2) is 54.6 Å². The van der Waals surface area contributed by atoms with Gasteiger partial charge in [0.15, 0.2) is 0 Å². The average molecular weight is 352 g/mol. The van der Waals surface area contributed by atoms with Gasteiger partial charge in [-0.3, -0.25) is 0 Å². The number of thiophene rings is 2. The van der Waals surface area contributed by atoms with Gasteiger partial charge in [-0.25, -0.2) is 0 Å². The van der Waals surface area contributed by atoms with Crippen LogP contribution in [0.4, 0.5) is 0 Å². The summed E-state index contributed by atoms with van der Waals surface area (Å²) in [6.45, 7) is 2.21.